The number of rotatable bonds is 4. The summed E-state index contributed by atoms with van der Waals surface area (Å²) in [6.07, 6.45) is 0.170. The van der Waals surface area contributed by atoms with Gasteiger partial charge in [0.05, 0.1) is 11.5 Å². The minimum atomic E-state index is -0.123. The summed E-state index contributed by atoms with van der Waals surface area (Å²) in [7, 11) is 0. The Morgan fingerprint density at radius 2 is 1.81 bits per heavy atom. The first-order valence-corrected chi connectivity index (χ1v) is 8.53. The first-order chi connectivity index (χ1) is 9.77. The molecule has 0 fully saturated rings. The van der Waals surface area contributed by atoms with Crippen molar-refractivity contribution < 1.29 is 4.74 Å². The van der Waals surface area contributed by atoms with Crippen molar-refractivity contribution in [3.05, 3.63) is 51.7 Å². The fourth-order valence-electron chi connectivity index (χ4n) is 2.07. The average Bonchev–Trinajstić information content (AvgIpc) is 2.86. The van der Waals surface area contributed by atoms with E-state index in [1.165, 1.54) is 9.75 Å². The molecule has 0 radical (unpaired) electrons. The Morgan fingerprint density at radius 3 is 2.38 bits per heavy atom. The molecular weight excluding hydrogens is 300 g/mol. The lowest BCUT2D eigenvalue weighted by atomic mass is 9.95. The first-order valence-electron chi connectivity index (χ1n) is 7.28. The van der Waals surface area contributed by atoms with Crippen molar-refractivity contribution in [1.82, 2.24) is 0 Å². The van der Waals surface area contributed by atoms with Gasteiger partial charge in [-0.25, -0.2) is 0 Å². The predicted molar refractivity (Wildman–Crippen MR) is 92.9 cm³/mol. The van der Waals surface area contributed by atoms with E-state index in [1.54, 1.807) is 11.3 Å². The van der Waals surface area contributed by atoms with E-state index in [2.05, 4.69) is 39.0 Å². The zero-order chi connectivity index (χ0) is 15.6. The fraction of sp³-hybridized carbons (Fsp3) is 0.444. The summed E-state index contributed by atoms with van der Waals surface area (Å²) in [4.78, 5) is 2.54. The summed E-state index contributed by atoms with van der Waals surface area (Å²) in [6, 6.07) is 12.4. The summed E-state index contributed by atoms with van der Waals surface area (Å²) in [6.45, 7) is 10.7. The highest BCUT2D eigenvalue weighted by molar-refractivity contribution is 7.12. The van der Waals surface area contributed by atoms with Crippen LogP contribution >= 0.6 is 22.9 Å². The second-order valence-electron chi connectivity index (χ2n) is 6.55. The van der Waals surface area contributed by atoms with Crippen LogP contribution in [0.1, 0.15) is 55.3 Å². The molecule has 0 aliphatic heterocycles. The molecular formula is C18H23ClOS. The summed E-state index contributed by atoms with van der Waals surface area (Å²) in [5, 5.41) is -0.123. The van der Waals surface area contributed by atoms with Gasteiger partial charge in [0.15, 0.2) is 0 Å². The van der Waals surface area contributed by atoms with Gasteiger partial charge in [0.25, 0.3) is 0 Å². The van der Waals surface area contributed by atoms with E-state index in [1.807, 2.05) is 32.0 Å². The van der Waals surface area contributed by atoms with Crippen molar-refractivity contribution in [2.24, 2.45) is 0 Å². The van der Waals surface area contributed by atoms with Crippen LogP contribution in [-0.4, -0.2) is 6.10 Å². The molecule has 2 rings (SSSR count). The second kappa shape index (κ2) is 6.41. The normalized spacial score (nSPS) is 13.5. The molecule has 114 valence electrons. The van der Waals surface area contributed by atoms with E-state index >= 15 is 0 Å². The fourth-order valence-corrected chi connectivity index (χ4v) is 3.49. The van der Waals surface area contributed by atoms with Gasteiger partial charge in [0.1, 0.15) is 5.75 Å². The lowest BCUT2D eigenvalue weighted by Crippen LogP contribution is -2.07. The molecule has 1 unspecified atom stereocenters. The van der Waals surface area contributed by atoms with Gasteiger partial charge in [-0.3, -0.25) is 0 Å². The van der Waals surface area contributed by atoms with Crippen LogP contribution in [0.5, 0.6) is 5.75 Å². The highest BCUT2D eigenvalue weighted by Gasteiger charge is 2.20. The van der Waals surface area contributed by atoms with Crippen LogP contribution in [-0.2, 0) is 5.41 Å². The van der Waals surface area contributed by atoms with Crippen molar-refractivity contribution in [2.75, 3.05) is 0 Å². The Bertz CT molecular complexity index is 595. The van der Waals surface area contributed by atoms with Crippen LogP contribution in [0.25, 0.3) is 0 Å². The van der Waals surface area contributed by atoms with Gasteiger partial charge in [-0.1, -0.05) is 32.9 Å². The molecule has 1 atom stereocenters. The Hall–Kier alpha value is -0.990. The van der Waals surface area contributed by atoms with Crippen LogP contribution < -0.4 is 4.74 Å². The Morgan fingerprint density at radius 1 is 1.10 bits per heavy atom. The van der Waals surface area contributed by atoms with Crippen LogP contribution in [0, 0.1) is 0 Å². The zero-order valence-corrected chi connectivity index (χ0v) is 14.9. The van der Waals surface area contributed by atoms with Crippen molar-refractivity contribution in [3.63, 3.8) is 0 Å². The van der Waals surface area contributed by atoms with Gasteiger partial charge >= 0.3 is 0 Å². The Labute approximate surface area is 136 Å². The summed E-state index contributed by atoms with van der Waals surface area (Å²) in [5.41, 5.74) is 1.25. The molecule has 0 saturated carbocycles. The minimum Gasteiger partial charge on any atom is -0.491 e. The number of thiophene rings is 1. The Kier molecular flexibility index (Phi) is 5.00. The molecule has 0 aliphatic rings. The third-order valence-corrected chi connectivity index (χ3v) is 5.33. The van der Waals surface area contributed by atoms with Crippen molar-refractivity contribution in [3.8, 4) is 5.75 Å². The molecule has 0 aliphatic carbocycles. The van der Waals surface area contributed by atoms with E-state index in [0.29, 0.717) is 0 Å². The van der Waals surface area contributed by atoms with Crippen LogP contribution in [0.4, 0.5) is 0 Å². The van der Waals surface area contributed by atoms with Crippen LogP contribution in [0.2, 0.25) is 0 Å². The third kappa shape index (κ3) is 4.24. The third-order valence-electron chi connectivity index (χ3n) is 3.14. The molecule has 0 amide bonds. The van der Waals surface area contributed by atoms with E-state index < -0.39 is 0 Å². The highest BCUT2D eigenvalue weighted by atomic mass is 35.5. The monoisotopic (exact) mass is 322 g/mol. The topological polar surface area (TPSA) is 9.23 Å². The zero-order valence-electron chi connectivity index (χ0n) is 13.3. The first kappa shape index (κ1) is 16.4. The lowest BCUT2D eigenvalue weighted by Gasteiger charge is -2.16. The number of halogens is 1. The quantitative estimate of drug-likeness (QED) is 0.612. The summed E-state index contributed by atoms with van der Waals surface area (Å²) < 4.78 is 5.75. The van der Waals surface area contributed by atoms with Gasteiger partial charge in [-0.2, -0.15) is 0 Å². The second-order valence-corrected chi connectivity index (χ2v) is 8.11. The molecule has 1 aromatic heterocycles. The van der Waals surface area contributed by atoms with Gasteiger partial charge in [-0.05, 0) is 49.1 Å². The van der Waals surface area contributed by atoms with Crippen molar-refractivity contribution >= 4 is 22.9 Å². The maximum atomic E-state index is 6.66. The molecule has 2 aromatic rings. The standard InChI is InChI=1S/C18H23ClOS/c1-12(2)20-14-8-6-7-13(11-14)17(19)15-9-10-16(21-15)18(3,4)5/h6-12,17H,1-5H3. The molecule has 1 nitrogen and oxygen atoms in total. The number of ether oxygens (including phenoxy) is 1. The molecule has 0 bridgehead atoms. The van der Waals surface area contributed by atoms with E-state index in [9.17, 15) is 0 Å². The number of hydrogen-bond acceptors (Lipinski definition) is 2. The predicted octanol–water partition coefficient (Wildman–Crippen LogP) is 6.16. The minimum absolute atomic E-state index is 0.123. The van der Waals surface area contributed by atoms with Gasteiger partial charge in [0, 0.05) is 9.75 Å². The van der Waals surface area contributed by atoms with Crippen LogP contribution in [0.15, 0.2) is 36.4 Å². The molecule has 0 N–H and O–H groups in total. The van der Waals surface area contributed by atoms with Gasteiger partial charge < -0.3 is 4.74 Å². The summed E-state index contributed by atoms with van der Waals surface area (Å²) >= 11 is 8.45. The van der Waals surface area contributed by atoms with Crippen molar-refractivity contribution in [1.29, 1.82) is 0 Å². The maximum Gasteiger partial charge on any atom is 0.120 e. The lowest BCUT2D eigenvalue weighted by molar-refractivity contribution is 0.242. The molecule has 0 saturated heterocycles. The molecule has 21 heavy (non-hydrogen) atoms. The van der Waals surface area contributed by atoms with Crippen LogP contribution in [0.3, 0.4) is 0 Å². The molecule has 1 aromatic carbocycles. The molecule has 0 spiro atoms. The SMILES string of the molecule is CC(C)Oc1cccc(C(Cl)c2ccc(C(C)(C)C)s2)c1. The van der Waals surface area contributed by atoms with Crippen molar-refractivity contribution in [2.45, 2.75) is 51.5 Å². The van der Waals surface area contributed by atoms with E-state index in [4.69, 9.17) is 16.3 Å². The number of alkyl halides is 1. The summed E-state index contributed by atoms with van der Waals surface area (Å²) in [5.74, 6) is 0.876. The average molecular weight is 323 g/mol. The van der Waals surface area contributed by atoms with Gasteiger partial charge in [-0.15, -0.1) is 22.9 Å². The number of benzene rings is 1. The molecule has 3 heteroatoms. The van der Waals surface area contributed by atoms with E-state index in [0.717, 1.165) is 11.3 Å². The smallest absolute Gasteiger partial charge is 0.120 e. The number of hydrogen-bond donors (Lipinski definition) is 0. The largest absolute Gasteiger partial charge is 0.491 e. The highest BCUT2D eigenvalue weighted by Crippen LogP contribution is 2.38. The molecule has 1 heterocycles. The Balaban J connectivity index is 2.23. The maximum absolute atomic E-state index is 6.66. The van der Waals surface area contributed by atoms with E-state index in [-0.39, 0.29) is 16.9 Å². The van der Waals surface area contributed by atoms with Gasteiger partial charge in [0.2, 0.25) is 0 Å².